The van der Waals surface area contributed by atoms with Crippen molar-refractivity contribution in [3.05, 3.63) is 48.3 Å². The Bertz CT molecular complexity index is 584. The number of nitrogens with one attached hydrogen (secondary N) is 3. The van der Waals surface area contributed by atoms with E-state index in [2.05, 4.69) is 10.6 Å². The third kappa shape index (κ3) is 6.29. The summed E-state index contributed by atoms with van der Waals surface area (Å²) in [5.74, 6) is 1.20. The molecule has 24 heavy (non-hydrogen) atoms. The first-order valence-electron chi connectivity index (χ1n) is 7.97. The smallest absolute Gasteiger partial charge is 0.275 e. The molecule has 0 radical (unpaired) electrons. The Kier molecular flexibility index (Phi) is 6.62. The lowest BCUT2D eigenvalue weighted by atomic mass is 10.3. The van der Waals surface area contributed by atoms with Crippen molar-refractivity contribution < 1.29 is 23.3 Å². The molecule has 7 heteroatoms. The number of hydrogen-bond acceptors (Lipinski definition) is 4. The number of rotatable bonds is 9. The van der Waals surface area contributed by atoms with Gasteiger partial charge in [-0.15, -0.1) is 0 Å². The molecular weight excluding hydrogens is 310 g/mol. The number of amides is 2. The van der Waals surface area contributed by atoms with Crippen molar-refractivity contribution in [2.24, 2.45) is 0 Å². The van der Waals surface area contributed by atoms with Gasteiger partial charge in [-0.05, 0) is 38.1 Å². The molecule has 0 aliphatic rings. The molecule has 130 valence electrons. The van der Waals surface area contributed by atoms with Crippen LogP contribution in [0.1, 0.15) is 25.4 Å². The quantitative estimate of drug-likeness (QED) is 0.607. The van der Waals surface area contributed by atoms with E-state index >= 15 is 0 Å². The molecule has 2 rings (SSSR count). The first kappa shape index (κ1) is 17.8. The van der Waals surface area contributed by atoms with Crippen LogP contribution in [0.15, 0.2) is 45.6 Å². The fourth-order valence-electron chi connectivity index (χ4n) is 2.35. The van der Waals surface area contributed by atoms with Crippen molar-refractivity contribution in [2.75, 3.05) is 13.1 Å². The zero-order valence-electron chi connectivity index (χ0n) is 14.0. The summed E-state index contributed by atoms with van der Waals surface area (Å²) >= 11 is 0. The highest BCUT2D eigenvalue weighted by Crippen LogP contribution is 1.99. The minimum absolute atomic E-state index is 0.0220. The molecule has 0 saturated carbocycles. The van der Waals surface area contributed by atoms with Crippen molar-refractivity contribution >= 4 is 11.8 Å². The van der Waals surface area contributed by atoms with Gasteiger partial charge < -0.3 is 24.4 Å². The van der Waals surface area contributed by atoms with E-state index in [0.717, 1.165) is 16.4 Å². The molecule has 0 aliphatic heterocycles. The molecule has 0 saturated heterocycles. The second-order valence-corrected chi connectivity index (χ2v) is 5.94. The topological polar surface area (TPSA) is 88.9 Å². The Hall–Kier alpha value is -2.54. The molecule has 0 aromatic carbocycles. The minimum atomic E-state index is -0.197. The Morgan fingerprint density at radius 2 is 1.62 bits per heavy atom. The molecule has 3 N–H and O–H groups in total. The van der Waals surface area contributed by atoms with Crippen LogP contribution in [-0.2, 0) is 22.7 Å². The predicted molar refractivity (Wildman–Crippen MR) is 86.9 cm³/mol. The molecule has 0 unspecified atom stereocenters. The van der Waals surface area contributed by atoms with Crippen LogP contribution in [0.2, 0.25) is 0 Å². The monoisotopic (exact) mass is 334 g/mol. The number of carbonyl (C=O) groups excluding carboxylic acids is 2. The summed E-state index contributed by atoms with van der Waals surface area (Å²) in [4.78, 5) is 24.7. The zero-order chi connectivity index (χ0) is 17.4. The maximum absolute atomic E-state index is 12.1. The summed E-state index contributed by atoms with van der Waals surface area (Å²) in [6, 6.07) is 7.42. The summed E-state index contributed by atoms with van der Waals surface area (Å²) in [5.41, 5.74) is 0. The Balaban J connectivity index is 1.86. The summed E-state index contributed by atoms with van der Waals surface area (Å²) < 4.78 is 10.7. The molecule has 0 aliphatic carbocycles. The van der Waals surface area contributed by atoms with Gasteiger partial charge in [-0.3, -0.25) is 9.59 Å². The lowest BCUT2D eigenvalue weighted by Crippen LogP contribution is -3.10. The van der Waals surface area contributed by atoms with Crippen LogP contribution >= 0.6 is 0 Å². The second-order valence-electron chi connectivity index (χ2n) is 5.94. The molecule has 2 aromatic heterocycles. The van der Waals surface area contributed by atoms with Crippen LogP contribution in [0.4, 0.5) is 0 Å². The van der Waals surface area contributed by atoms with Gasteiger partial charge >= 0.3 is 0 Å². The first-order valence-corrected chi connectivity index (χ1v) is 7.97. The molecule has 0 bridgehead atoms. The van der Waals surface area contributed by atoms with E-state index in [4.69, 9.17) is 8.83 Å². The Morgan fingerprint density at radius 1 is 1.04 bits per heavy atom. The van der Waals surface area contributed by atoms with E-state index in [1.807, 2.05) is 38.1 Å². The van der Waals surface area contributed by atoms with Gasteiger partial charge in [-0.2, -0.15) is 0 Å². The van der Waals surface area contributed by atoms with Crippen molar-refractivity contribution in [1.29, 1.82) is 0 Å². The molecule has 7 nitrogen and oxygen atoms in total. The zero-order valence-corrected chi connectivity index (χ0v) is 14.0. The van der Waals surface area contributed by atoms with Gasteiger partial charge in [0.1, 0.15) is 13.1 Å². The molecular formula is C17H24N3O4+. The predicted octanol–water partition coefficient (Wildman–Crippen LogP) is 0.0985. The standard InChI is InChI=1S/C17H23N3O4/c1-13(2)19-16(21)9-18-17(22)12-20(10-14-5-3-7-23-14)11-15-6-4-8-24-15/h3-8,13H,9-12H2,1-2H3,(H,18,22)(H,19,21)/p+1. The number of carbonyl (C=O) groups is 2. The van der Waals surface area contributed by atoms with Gasteiger partial charge in [0.05, 0.1) is 19.1 Å². The Morgan fingerprint density at radius 3 is 2.08 bits per heavy atom. The fraction of sp³-hybridized carbons (Fsp3) is 0.412. The van der Waals surface area contributed by atoms with Crippen LogP contribution in [-0.4, -0.2) is 30.9 Å². The summed E-state index contributed by atoms with van der Waals surface area (Å²) in [7, 11) is 0. The molecule has 2 aromatic rings. The van der Waals surface area contributed by atoms with E-state index < -0.39 is 0 Å². The largest absolute Gasteiger partial charge is 0.463 e. The van der Waals surface area contributed by atoms with Crippen molar-refractivity contribution in [3.63, 3.8) is 0 Å². The normalized spacial score (nSPS) is 11.0. The molecule has 2 amide bonds. The van der Waals surface area contributed by atoms with E-state index in [1.165, 1.54) is 0 Å². The summed E-state index contributed by atoms with van der Waals surface area (Å²) in [5, 5.41) is 5.38. The van der Waals surface area contributed by atoms with Gasteiger partial charge in [-0.1, -0.05) is 0 Å². The van der Waals surface area contributed by atoms with Gasteiger partial charge in [-0.25, -0.2) is 0 Å². The van der Waals surface area contributed by atoms with Crippen LogP contribution in [0, 0.1) is 0 Å². The van der Waals surface area contributed by atoms with Crippen molar-refractivity contribution in [2.45, 2.75) is 33.0 Å². The number of quaternary nitrogens is 1. The van der Waals surface area contributed by atoms with Gasteiger partial charge in [0.15, 0.2) is 18.1 Å². The van der Waals surface area contributed by atoms with E-state index in [-0.39, 0.29) is 30.9 Å². The fourth-order valence-corrected chi connectivity index (χ4v) is 2.35. The van der Waals surface area contributed by atoms with Crippen LogP contribution in [0.5, 0.6) is 0 Å². The Labute approximate surface area is 141 Å². The highest BCUT2D eigenvalue weighted by Gasteiger charge is 2.18. The average Bonchev–Trinajstić information content (AvgIpc) is 3.18. The average molecular weight is 334 g/mol. The van der Waals surface area contributed by atoms with Gasteiger partial charge in [0.2, 0.25) is 5.91 Å². The maximum atomic E-state index is 12.1. The third-order valence-electron chi connectivity index (χ3n) is 3.31. The first-order chi connectivity index (χ1) is 11.5. The van der Waals surface area contributed by atoms with Gasteiger partial charge in [0, 0.05) is 6.04 Å². The van der Waals surface area contributed by atoms with Crippen molar-refractivity contribution in [1.82, 2.24) is 10.6 Å². The number of furan rings is 2. The summed E-state index contributed by atoms with van der Waals surface area (Å²) in [6.45, 7) is 5.05. The van der Waals surface area contributed by atoms with Crippen LogP contribution < -0.4 is 15.5 Å². The molecule has 0 atom stereocenters. The minimum Gasteiger partial charge on any atom is -0.463 e. The molecule has 2 heterocycles. The third-order valence-corrected chi connectivity index (χ3v) is 3.31. The van der Waals surface area contributed by atoms with E-state index in [9.17, 15) is 9.59 Å². The molecule has 0 spiro atoms. The van der Waals surface area contributed by atoms with Crippen LogP contribution in [0.25, 0.3) is 0 Å². The van der Waals surface area contributed by atoms with Crippen molar-refractivity contribution in [3.8, 4) is 0 Å². The summed E-state index contributed by atoms with van der Waals surface area (Å²) in [6.07, 6.45) is 3.21. The molecule has 0 fully saturated rings. The number of hydrogen-bond donors (Lipinski definition) is 3. The highest BCUT2D eigenvalue weighted by molar-refractivity contribution is 5.85. The van der Waals surface area contributed by atoms with E-state index in [1.54, 1.807) is 12.5 Å². The maximum Gasteiger partial charge on any atom is 0.275 e. The SMILES string of the molecule is CC(C)NC(=O)CNC(=O)C[NH+](Cc1ccco1)Cc1ccco1. The van der Waals surface area contributed by atoms with E-state index in [0.29, 0.717) is 13.1 Å². The lowest BCUT2D eigenvalue weighted by Gasteiger charge is -2.17. The van der Waals surface area contributed by atoms with Gasteiger partial charge in [0.25, 0.3) is 5.91 Å². The second kappa shape index (κ2) is 8.93. The lowest BCUT2D eigenvalue weighted by molar-refractivity contribution is -0.921. The van der Waals surface area contributed by atoms with Crippen LogP contribution in [0.3, 0.4) is 0 Å². The highest BCUT2D eigenvalue weighted by atomic mass is 16.3.